The lowest BCUT2D eigenvalue weighted by atomic mass is 9.98. The predicted molar refractivity (Wildman–Crippen MR) is 98.2 cm³/mol. The zero-order valence-electron chi connectivity index (χ0n) is 14.8. The normalized spacial score (nSPS) is 12.3. The highest BCUT2D eigenvalue weighted by Crippen LogP contribution is 2.16. The minimum absolute atomic E-state index is 0.417. The van der Waals surface area contributed by atoms with Crippen LogP contribution in [0.1, 0.15) is 42.0 Å². The van der Waals surface area contributed by atoms with Crippen LogP contribution < -0.4 is 5.32 Å². The SMILES string of the molecule is Cc1cccc(CC(CNCc2cccc(C(C)C)c2)C(=O)O)c1. The summed E-state index contributed by atoms with van der Waals surface area (Å²) in [7, 11) is 0. The largest absolute Gasteiger partial charge is 0.481 e. The van der Waals surface area contributed by atoms with Gasteiger partial charge in [0.05, 0.1) is 5.92 Å². The maximum Gasteiger partial charge on any atom is 0.308 e. The van der Waals surface area contributed by atoms with Crippen molar-refractivity contribution in [1.29, 1.82) is 0 Å². The van der Waals surface area contributed by atoms with Gasteiger partial charge in [0, 0.05) is 13.1 Å². The standard InChI is InChI=1S/C21H27NO2/c1-15(2)19-9-5-8-18(12-19)13-22-14-20(21(23)24)11-17-7-4-6-16(3)10-17/h4-10,12,15,20,22H,11,13-14H2,1-3H3,(H,23,24). The topological polar surface area (TPSA) is 49.3 Å². The Morgan fingerprint density at radius 1 is 1.08 bits per heavy atom. The number of hydrogen-bond donors (Lipinski definition) is 2. The minimum Gasteiger partial charge on any atom is -0.481 e. The molecule has 0 aliphatic heterocycles. The van der Waals surface area contributed by atoms with Crippen LogP contribution in [0.25, 0.3) is 0 Å². The van der Waals surface area contributed by atoms with Crippen LogP contribution in [-0.4, -0.2) is 17.6 Å². The monoisotopic (exact) mass is 325 g/mol. The number of nitrogens with one attached hydrogen (secondary N) is 1. The summed E-state index contributed by atoms with van der Waals surface area (Å²) in [5.74, 6) is -0.668. The molecule has 2 aromatic carbocycles. The van der Waals surface area contributed by atoms with Gasteiger partial charge in [-0.05, 0) is 36.0 Å². The molecule has 3 heteroatoms. The zero-order valence-corrected chi connectivity index (χ0v) is 14.8. The predicted octanol–water partition coefficient (Wildman–Crippen LogP) is 4.15. The lowest BCUT2D eigenvalue weighted by Crippen LogP contribution is -2.29. The van der Waals surface area contributed by atoms with Crippen molar-refractivity contribution in [2.45, 2.75) is 39.7 Å². The van der Waals surface area contributed by atoms with Crippen molar-refractivity contribution in [1.82, 2.24) is 5.32 Å². The van der Waals surface area contributed by atoms with Crippen molar-refractivity contribution >= 4 is 5.97 Å². The second kappa shape index (κ2) is 8.65. The Kier molecular flexibility index (Phi) is 6.56. The summed E-state index contributed by atoms with van der Waals surface area (Å²) in [5, 5.41) is 12.8. The van der Waals surface area contributed by atoms with Crippen molar-refractivity contribution < 1.29 is 9.90 Å². The van der Waals surface area contributed by atoms with Crippen molar-refractivity contribution in [2.24, 2.45) is 5.92 Å². The lowest BCUT2D eigenvalue weighted by molar-refractivity contribution is -0.141. The molecule has 2 N–H and O–H groups in total. The van der Waals surface area contributed by atoms with Gasteiger partial charge in [-0.15, -0.1) is 0 Å². The lowest BCUT2D eigenvalue weighted by Gasteiger charge is -2.15. The molecule has 1 atom stereocenters. The van der Waals surface area contributed by atoms with Crippen molar-refractivity contribution in [2.75, 3.05) is 6.54 Å². The van der Waals surface area contributed by atoms with Gasteiger partial charge in [0.2, 0.25) is 0 Å². The fourth-order valence-electron chi connectivity index (χ4n) is 2.82. The van der Waals surface area contributed by atoms with Crippen LogP contribution >= 0.6 is 0 Å². The summed E-state index contributed by atoms with van der Waals surface area (Å²) in [5.41, 5.74) is 4.74. The second-order valence-corrected chi connectivity index (χ2v) is 6.76. The van der Waals surface area contributed by atoms with Gasteiger partial charge in [-0.25, -0.2) is 0 Å². The minimum atomic E-state index is -0.750. The number of aliphatic carboxylic acids is 1. The smallest absolute Gasteiger partial charge is 0.308 e. The molecule has 2 aromatic rings. The fraction of sp³-hybridized carbons (Fsp3) is 0.381. The number of rotatable bonds is 8. The van der Waals surface area contributed by atoms with E-state index < -0.39 is 11.9 Å². The van der Waals surface area contributed by atoms with Crippen LogP contribution in [0, 0.1) is 12.8 Å². The Hall–Kier alpha value is -2.13. The molecule has 3 nitrogen and oxygen atoms in total. The number of aryl methyl sites for hydroxylation is 1. The van der Waals surface area contributed by atoms with Gasteiger partial charge >= 0.3 is 5.97 Å². The van der Waals surface area contributed by atoms with E-state index in [9.17, 15) is 9.90 Å². The summed E-state index contributed by atoms with van der Waals surface area (Å²) in [6.45, 7) is 7.54. The van der Waals surface area contributed by atoms with E-state index in [1.165, 1.54) is 11.1 Å². The van der Waals surface area contributed by atoms with E-state index in [1.54, 1.807) is 0 Å². The summed E-state index contributed by atoms with van der Waals surface area (Å²) >= 11 is 0. The molecule has 0 bridgehead atoms. The Morgan fingerprint density at radius 3 is 2.46 bits per heavy atom. The molecular weight excluding hydrogens is 298 g/mol. The van der Waals surface area contributed by atoms with Crippen molar-refractivity contribution in [3.63, 3.8) is 0 Å². The first-order valence-corrected chi connectivity index (χ1v) is 8.53. The van der Waals surface area contributed by atoms with E-state index in [-0.39, 0.29) is 0 Å². The highest BCUT2D eigenvalue weighted by atomic mass is 16.4. The molecular formula is C21H27NO2. The summed E-state index contributed by atoms with van der Waals surface area (Å²) in [4.78, 5) is 11.5. The van der Waals surface area contributed by atoms with Gasteiger partial charge in [-0.1, -0.05) is 67.9 Å². The van der Waals surface area contributed by atoms with Gasteiger partial charge in [-0.3, -0.25) is 4.79 Å². The average Bonchev–Trinajstić information content (AvgIpc) is 2.54. The first kappa shape index (κ1) is 18.2. The van der Waals surface area contributed by atoms with E-state index in [1.807, 2.05) is 25.1 Å². The Bertz CT molecular complexity index is 679. The number of carboxylic acid groups (broad SMARTS) is 1. The molecule has 0 saturated heterocycles. The molecule has 2 rings (SSSR count). The van der Waals surface area contributed by atoms with Crippen molar-refractivity contribution in [3.05, 3.63) is 70.8 Å². The number of carboxylic acids is 1. The summed E-state index contributed by atoms with van der Waals surface area (Å²) in [6.07, 6.45) is 0.552. The van der Waals surface area contributed by atoms with Crippen molar-refractivity contribution in [3.8, 4) is 0 Å². The number of carbonyl (C=O) groups is 1. The van der Waals surface area contributed by atoms with E-state index >= 15 is 0 Å². The quantitative estimate of drug-likeness (QED) is 0.766. The molecule has 0 fully saturated rings. The van der Waals surface area contributed by atoms with E-state index in [2.05, 4.69) is 49.5 Å². The van der Waals surface area contributed by atoms with Crippen LogP contribution in [0.2, 0.25) is 0 Å². The number of benzene rings is 2. The average molecular weight is 325 g/mol. The van der Waals surface area contributed by atoms with E-state index in [0.29, 0.717) is 25.4 Å². The van der Waals surface area contributed by atoms with E-state index in [0.717, 1.165) is 11.1 Å². The maximum absolute atomic E-state index is 11.5. The van der Waals surface area contributed by atoms with Gasteiger partial charge < -0.3 is 10.4 Å². The van der Waals surface area contributed by atoms with Crippen LogP contribution in [0.5, 0.6) is 0 Å². The Labute approximate surface area is 144 Å². The maximum atomic E-state index is 11.5. The van der Waals surface area contributed by atoms with Crippen LogP contribution in [-0.2, 0) is 17.8 Å². The molecule has 128 valence electrons. The fourth-order valence-corrected chi connectivity index (χ4v) is 2.82. The van der Waals surface area contributed by atoms with Crippen LogP contribution in [0.3, 0.4) is 0 Å². The first-order chi connectivity index (χ1) is 11.5. The third-order valence-corrected chi connectivity index (χ3v) is 4.25. The summed E-state index contributed by atoms with van der Waals surface area (Å²) in [6, 6.07) is 16.5. The molecule has 1 unspecified atom stereocenters. The molecule has 0 aliphatic carbocycles. The third-order valence-electron chi connectivity index (χ3n) is 4.25. The Balaban J connectivity index is 1.92. The molecule has 0 spiro atoms. The van der Waals surface area contributed by atoms with Gasteiger partial charge in [0.25, 0.3) is 0 Å². The zero-order chi connectivity index (χ0) is 17.5. The molecule has 0 aromatic heterocycles. The molecule has 0 amide bonds. The second-order valence-electron chi connectivity index (χ2n) is 6.76. The Morgan fingerprint density at radius 2 is 1.79 bits per heavy atom. The molecule has 0 heterocycles. The summed E-state index contributed by atoms with van der Waals surface area (Å²) < 4.78 is 0. The van der Waals surface area contributed by atoms with Gasteiger partial charge in [0.15, 0.2) is 0 Å². The third kappa shape index (κ3) is 5.50. The van der Waals surface area contributed by atoms with Gasteiger partial charge in [-0.2, -0.15) is 0 Å². The highest BCUT2D eigenvalue weighted by Gasteiger charge is 2.17. The molecule has 24 heavy (non-hydrogen) atoms. The number of hydrogen-bond acceptors (Lipinski definition) is 2. The van der Waals surface area contributed by atoms with Gasteiger partial charge in [0.1, 0.15) is 0 Å². The van der Waals surface area contributed by atoms with Crippen LogP contribution in [0.4, 0.5) is 0 Å². The van der Waals surface area contributed by atoms with Crippen LogP contribution in [0.15, 0.2) is 48.5 Å². The highest BCUT2D eigenvalue weighted by molar-refractivity contribution is 5.70. The molecule has 0 radical (unpaired) electrons. The van der Waals surface area contributed by atoms with E-state index in [4.69, 9.17) is 0 Å². The first-order valence-electron chi connectivity index (χ1n) is 8.53. The molecule has 0 saturated carbocycles. The molecule has 0 aliphatic rings.